The summed E-state index contributed by atoms with van der Waals surface area (Å²) in [6.45, 7) is 2.72. The highest BCUT2D eigenvalue weighted by atomic mass is 35.5. The van der Waals surface area contributed by atoms with Gasteiger partial charge in [0.1, 0.15) is 0 Å². The van der Waals surface area contributed by atoms with E-state index in [4.69, 9.17) is 21.1 Å². The molecule has 0 unspecified atom stereocenters. The summed E-state index contributed by atoms with van der Waals surface area (Å²) in [5, 5.41) is 16.9. The van der Waals surface area contributed by atoms with Crippen LogP contribution in [0.5, 0.6) is 11.5 Å². The third-order valence-corrected chi connectivity index (χ3v) is 4.10. The Morgan fingerprint density at radius 1 is 1.14 bits per heavy atom. The molecule has 3 N–H and O–H groups in total. The first-order chi connectivity index (χ1) is 13.6. The Hall–Kier alpha value is -3.26. The molecule has 146 valence electrons. The van der Waals surface area contributed by atoms with Crippen molar-refractivity contribution in [3.8, 4) is 11.5 Å². The van der Waals surface area contributed by atoms with Crippen LogP contribution in [0.3, 0.4) is 0 Å². The van der Waals surface area contributed by atoms with Gasteiger partial charge in [-0.25, -0.2) is 0 Å². The van der Waals surface area contributed by atoms with Crippen molar-refractivity contribution in [2.75, 3.05) is 19.0 Å². The zero-order valence-corrected chi connectivity index (χ0v) is 16.2. The van der Waals surface area contributed by atoms with Crippen molar-refractivity contribution in [3.05, 3.63) is 58.7 Å². The van der Waals surface area contributed by atoms with Crippen molar-refractivity contribution >= 4 is 29.0 Å². The van der Waals surface area contributed by atoms with E-state index in [0.717, 1.165) is 11.3 Å². The van der Waals surface area contributed by atoms with Gasteiger partial charge >= 0.3 is 0 Å². The van der Waals surface area contributed by atoms with Crippen molar-refractivity contribution in [2.24, 2.45) is 0 Å². The largest absolute Gasteiger partial charge is 0.493 e. The van der Waals surface area contributed by atoms with Gasteiger partial charge in [0.05, 0.1) is 13.7 Å². The SMILES string of the molecule is CCOc1cc(CNC(=O)c2n[nH]nc2Nc2ccc(Cl)cc2)ccc1OC. The number of ether oxygens (including phenoxy) is 2. The van der Waals surface area contributed by atoms with E-state index in [1.807, 2.05) is 19.1 Å². The molecule has 0 bridgehead atoms. The second-order valence-corrected chi connectivity index (χ2v) is 6.19. The second kappa shape index (κ2) is 9.09. The van der Waals surface area contributed by atoms with E-state index in [0.29, 0.717) is 35.5 Å². The normalized spacial score (nSPS) is 10.4. The van der Waals surface area contributed by atoms with Crippen LogP contribution >= 0.6 is 11.6 Å². The number of hydrogen-bond donors (Lipinski definition) is 3. The molecule has 0 aliphatic carbocycles. The van der Waals surface area contributed by atoms with Gasteiger partial charge in [-0.15, -0.1) is 10.2 Å². The average molecular weight is 402 g/mol. The molecule has 0 spiro atoms. The summed E-state index contributed by atoms with van der Waals surface area (Å²) in [5.41, 5.74) is 1.77. The Labute approximate surface area is 167 Å². The summed E-state index contributed by atoms with van der Waals surface area (Å²) in [4.78, 5) is 12.5. The summed E-state index contributed by atoms with van der Waals surface area (Å²) >= 11 is 5.88. The van der Waals surface area contributed by atoms with Crippen LogP contribution in [-0.4, -0.2) is 35.0 Å². The highest BCUT2D eigenvalue weighted by Gasteiger charge is 2.17. The van der Waals surface area contributed by atoms with Crippen molar-refractivity contribution in [3.63, 3.8) is 0 Å². The minimum Gasteiger partial charge on any atom is -0.493 e. The van der Waals surface area contributed by atoms with Gasteiger partial charge in [0.15, 0.2) is 23.0 Å². The van der Waals surface area contributed by atoms with Crippen molar-refractivity contribution in [1.29, 1.82) is 0 Å². The number of carbonyl (C=O) groups is 1. The minimum absolute atomic E-state index is 0.161. The van der Waals surface area contributed by atoms with Gasteiger partial charge in [-0.05, 0) is 48.9 Å². The number of amides is 1. The predicted molar refractivity (Wildman–Crippen MR) is 106 cm³/mol. The molecule has 8 nitrogen and oxygen atoms in total. The van der Waals surface area contributed by atoms with Gasteiger partial charge in [-0.2, -0.15) is 5.21 Å². The van der Waals surface area contributed by atoms with Crippen LogP contribution in [0.15, 0.2) is 42.5 Å². The second-order valence-electron chi connectivity index (χ2n) is 5.75. The Morgan fingerprint density at radius 2 is 1.93 bits per heavy atom. The molecule has 0 atom stereocenters. The number of rotatable bonds is 8. The molecule has 3 aromatic rings. The maximum Gasteiger partial charge on any atom is 0.275 e. The van der Waals surface area contributed by atoms with Gasteiger partial charge in [-0.3, -0.25) is 4.79 Å². The molecular weight excluding hydrogens is 382 g/mol. The number of H-pyrrole nitrogens is 1. The maximum atomic E-state index is 12.5. The number of benzene rings is 2. The minimum atomic E-state index is -0.362. The Morgan fingerprint density at radius 3 is 2.64 bits per heavy atom. The van der Waals surface area contributed by atoms with E-state index < -0.39 is 0 Å². The topological polar surface area (TPSA) is 101 Å². The summed E-state index contributed by atoms with van der Waals surface area (Å²) < 4.78 is 10.8. The van der Waals surface area contributed by atoms with E-state index in [-0.39, 0.29) is 11.6 Å². The molecule has 1 aromatic heterocycles. The van der Waals surface area contributed by atoms with Crippen LogP contribution in [0.4, 0.5) is 11.5 Å². The molecule has 3 rings (SSSR count). The monoisotopic (exact) mass is 401 g/mol. The first-order valence-electron chi connectivity index (χ1n) is 8.62. The molecule has 1 heterocycles. The van der Waals surface area contributed by atoms with Gasteiger partial charge in [0.2, 0.25) is 0 Å². The maximum absolute atomic E-state index is 12.5. The zero-order valence-electron chi connectivity index (χ0n) is 15.5. The van der Waals surface area contributed by atoms with Crippen LogP contribution in [-0.2, 0) is 6.54 Å². The summed E-state index contributed by atoms with van der Waals surface area (Å²) in [6.07, 6.45) is 0. The van der Waals surface area contributed by atoms with Crippen LogP contribution in [0.2, 0.25) is 5.02 Å². The Balaban J connectivity index is 1.67. The molecule has 0 aliphatic rings. The van der Waals surface area contributed by atoms with E-state index >= 15 is 0 Å². The fraction of sp³-hybridized carbons (Fsp3) is 0.211. The molecule has 28 heavy (non-hydrogen) atoms. The molecule has 0 radical (unpaired) electrons. The van der Waals surface area contributed by atoms with Gasteiger partial charge < -0.3 is 20.1 Å². The molecule has 0 saturated heterocycles. The fourth-order valence-corrected chi connectivity index (χ4v) is 2.64. The van der Waals surface area contributed by atoms with Crippen LogP contribution < -0.4 is 20.1 Å². The van der Waals surface area contributed by atoms with Crippen LogP contribution in [0.25, 0.3) is 0 Å². The smallest absolute Gasteiger partial charge is 0.275 e. The van der Waals surface area contributed by atoms with E-state index in [2.05, 4.69) is 26.0 Å². The molecule has 0 aliphatic heterocycles. The van der Waals surface area contributed by atoms with E-state index in [9.17, 15) is 4.79 Å². The first-order valence-corrected chi connectivity index (χ1v) is 8.99. The zero-order chi connectivity index (χ0) is 19.9. The Kier molecular flexibility index (Phi) is 6.33. The number of aromatic amines is 1. The molecular formula is C19H20ClN5O3. The molecule has 2 aromatic carbocycles. The quantitative estimate of drug-likeness (QED) is 0.533. The predicted octanol–water partition coefficient (Wildman–Crippen LogP) is 3.54. The van der Waals surface area contributed by atoms with Gasteiger partial charge in [-0.1, -0.05) is 17.7 Å². The number of hydrogen-bond acceptors (Lipinski definition) is 6. The van der Waals surface area contributed by atoms with Crippen LogP contribution in [0, 0.1) is 0 Å². The fourth-order valence-electron chi connectivity index (χ4n) is 2.51. The number of nitrogens with zero attached hydrogens (tertiary/aromatic N) is 2. The highest BCUT2D eigenvalue weighted by molar-refractivity contribution is 6.30. The van der Waals surface area contributed by atoms with Crippen molar-refractivity contribution < 1.29 is 14.3 Å². The lowest BCUT2D eigenvalue weighted by Crippen LogP contribution is -2.24. The summed E-state index contributed by atoms with van der Waals surface area (Å²) in [7, 11) is 1.58. The number of carbonyl (C=O) groups excluding carboxylic acids is 1. The number of aromatic nitrogens is 3. The lowest BCUT2D eigenvalue weighted by molar-refractivity contribution is 0.0946. The van der Waals surface area contributed by atoms with Crippen molar-refractivity contribution in [2.45, 2.75) is 13.5 Å². The number of anilines is 2. The summed E-state index contributed by atoms with van der Waals surface area (Å²) in [5.74, 6) is 1.23. The molecule has 9 heteroatoms. The third-order valence-electron chi connectivity index (χ3n) is 3.85. The lowest BCUT2D eigenvalue weighted by atomic mass is 10.2. The summed E-state index contributed by atoms with van der Waals surface area (Å²) in [6, 6.07) is 12.5. The van der Waals surface area contributed by atoms with Crippen LogP contribution in [0.1, 0.15) is 23.0 Å². The van der Waals surface area contributed by atoms with Gasteiger partial charge in [0, 0.05) is 17.3 Å². The lowest BCUT2D eigenvalue weighted by Gasteiger charge is -2.11. The van der Waals surface area contributed by atoms with Crippen molar-refractivity contribution in [1.82, 2.24) is 20.7 Å². The number of halogens is 1. The molecule has 0 fully saturated rings. The number of methoxy groups -OCH3 is 1. The number of nitrogens with one attached hydrogen (secondary N) is 3. The van der Waals surface area contributed by atoms with E-state index in [1.165, 1.54) is 0 Å². The molecule has 0 saturated carbocycles. The first kappa shape index (κ1) is 19.5. The highest BCUT2D eigenvalue weighted by Crippen LogP contribution is 2.28. The average Bonchev–Trinajstić information content (AvgIpc) is 3.16. The third kappa shape index (κ3) is 4.72. The van der Waals surface area contributed by atoms with E-state index in [1.54, 1.807) is 37.4 Å². The standard InChI is InChI=1S/C19H20ClN5O3/c1-3-28-16-10-12(4-9-15(16)27-2)11-21-19(26)17-18(24-25-23-17)22-14-7-5-13(20)6-8-14/h4-10H,3,11H2,1-2H3,(H,21,26)(H2,22,23,24,25). The Bertz CT molecular complexity index is 943. The van der Waals surface area contributed by atoms with Gasteiger partial charge in [0.25, 0.3) is 5.91 Å². The molecule has 1 amide bonds.